The Hall–Kier alpha value is -1.07. The summed E-state index contributed by atoms with van der Waals surface area (Å²) < 4.78 is 0. The molecule has 0 fully saturated rings. The molecule has 0 unspecified atom stereocenters. The van der Waals surface area contributed by atoms with Crippen LogP contribution in [-0.2, 0) is 6.54 Å². The highest BCUT2D eigenvalue weighted by atomic mass is 32.1. The first kappa shape index (κ1) is 18.0. The van der Waals surface area contributed by atoms with E-state index in [1.165, 1.54) is 24.3 Å². The summed E-state index contributed by atoms with van der Waals surface area (Å²) in [5.41, 5.74) is 0. The van der Waals surface area contributed by atoms with Gasteiger partial charge in [-0.15, -0.1) is 11.3 Å². The molecule has 0 saturated carbocycles. The molecular formula is C16H30N4S. The second kappa shape index (κ2) is 11.6. The van der Waals surface area contributed by atoms with E-state index in [1.807, 2.05) is 0 Å². The van der Waals surface area contributed by atoms with Gasteiger partial charge in [0.1, 0.15) is 0 Å². The lowest BCUT2D eigenvalue weighted by Gasteiger charge is -2.18. The highest BCUT2D eigenvalue weighted by molar-refractivity contribution is 7.09. The number of guanidine groups is 1. The molecule has 0 aliphatic carbocycles. The lowest BCUT2D eigenvalue weighted by molar-refractivity contribution is 0.297. The smallest absolute Gasteiger partial charge is 0.191 e. The minimum absolute atomic E-state index is 0.756. The van der Waals surface area contributed by atoms with Gasteiger partial charge in [0, 0.05) is 18.0 Å². The van der Waals surface area contributed by atoms with E-state index in [2.05, 4.69) is 58.8 Å². The molecule has 0 aromatic carbocycles. The van der Waals surface area contributed by atoms with E-state index < -0.39 is 0 Å². The van der Waals surface area contributed by atoms with Crippen molar-refractivity contribution in [3.8, 4) is 0 Å². The SMILES string of the molecule is CCNC(=NCc1cccs1)NCCCCN(CC)CC. The van der Waals surface area contributed by atoms with Crippen molar-refractivity contribution in [2.24, 2.45) is 4.99 Å². The largest absolute Gasteiger partial charge is 0.357 e. The minimum Gasteiger partial charge on any atom is -0.357 e. The van der Waals surface area contributed by atoms with Crippen molar-refractivity contribution in [3.63, 3.8) is 0 Å². The maximum Gasteiger partial charge on any atom is 0.191 e. The van der Waals surface area contributed by atoms with Crippen LogP contribution in [0.15, 0.2) is 22.5 Å². The molecule has 120 valence electrons. The quantitative estimate of drug-likeness (QED) is 0.396. The van der Waals surface area contributed by atoms with Gasteiger partial charge in [-0.05, 0) is 50.8 Å². The van der Waals surface area contributed by atoms with Crippen molar-refractivity contribution in [2.45, 2.75) is 40.2 Å². The van der Waals surface area contributed by atoms with Gasteiger partial charge in [0.05, 0.1) is 6.54 Å². The van der Waals surface area contributed by atoms with E-state index in [4.69, 9.17) is 0 Å². The standard InChI is InChI=1S/C16H30N4S/c1-4-17-16(19-14-15-10-9-13-21-15)18-11-7-8-12-20(5-2)6-3/h9-10,13H,4-8,11-12,14H2,1-3H3,(H2,17,18,19). The monoisotopic (exact) mass is 310 g/mol. The van der Waals surface area contributed by atoms with Crippen LogP contribution in [0.4, 0.5) is 0 Å². The summed E-state index contributed by atoms with van der Waals surface area (Å²) in [7, 11) is 0. The molecule has 0 atom stereocenters. The molecular weight excluding hydrogens is 280 g/mol. The Morgan fingerprint density at radius 1 is 1.19 bits per heavy atom. The summed E-state index contributed by atoms with van der Waals surface area (Å²) in [6, 6.07) is 4.20. The molecule has 2 N–H and O–H groups in total. The van der Waals surface area contributed by atoms with Gasteiger partial charge in [0.2, 0.25) is 0 Å². The lowest BCUT2D eigenvalue weighted by atomic mass is 10.3. The van der Waals surface area contributed by atoms with Crippen LogP contribution in [-0.4, -0.2) is 43.6 Å². The average molecular weight is 311 g/mol. The number of aliphatic imine (C=N–C) groups is 1. The van der Waals surface area contributed by atoms with Crippen LogP contribution in [0.1, 0.15) is 38.5 Å². The first-order chi connectivity index (χ1) is 10.3. The van der Waals surface area contributed by atoms with E-state index in [9.17, 15) is 0 Å². The first-order valence-electron chi connectivity index (χ1n) is 8.07. The van der Waals surface area contributed by atoms with E-state index in [0.717, 1.165) is 38.7 Å². The van der Waals surface area contributed by atoms with Gasteiger partial charge in [-0.3, -0.25) is 0 Å². The highest BCUT2D eigenvalue weighted by Gasteiger charge is 2.00. The van der Waals surface area contributed by atoms with Crippen molar-refractivity contribution < 1.29 is 0 Å². The molecule has 0 amide bonds. The Kier molecular flexibility index (Phi) is 9.91. The summed E-state index contributed by atoms with van der Waals surface area (Å²) in [5.74, 6) is 0.925. The van der Waals surface area contributed by atoms with Crippen LogP contribution in [0.3, 0.4) is 0 Å². The summed E-state index contributed by atoms with van der Waals surface area (Å²) in [6.07, 6.45) is 2.42. The Labute approximate surface area is 133 Å². The van der Waals surface area contributed by atoms with E-state index in [0.29, 0.717) is 0 Å². The van der Waals surface area contributed by atoms with Crippen molar-refractivity contribution in [1.82, 2.24) is 15.5 Å². The fourth-order valence-corrected chi connectivity index (χ4v) is 2.74. The molecule has 1 rings (SSSR count). The number of hydrogen-bond donors (Lipinski definition) is 2. The van der Waals surface area contributed by atoms with Crippen molar-refractivity contribution >= 4 is 17.3 Å². The average Bonchev–Trinajstić information content (AvgIpc) is 3.01. The molecule has 4 nitrogen and oxygen atoms in total. The second-order valence-corrected chi connectivity index (χ2v) is 5.97. The molecule has 0 bridgehead atoms. The van der Waals surface area contributed by atoms with Crippen molar-refractivity contribution in [1.29, 1.82) is 0 Å². The molecule has 0 aliphatic heterocycles. The van der Waals surface area contributed by atoms with Gasteiger partial charge in [-0.2, -0.15) is 0 Å². The predicted molar refractivity (Wildman–Crippen MR) is 94.2 cm³/mol. The van der Waals surface area contributed by atoms with Crippen LogP contribution in [0, 0.1) is 0 Å². The molecule has 0 saturated heterocycles. The van der Waals surface area contributed by atoms with Gasteiger partial charge in [-0.1, -0.05) is 19.9 Å². The zero-order valence-electron chi connectivity index (χ0n) is 13.7. The molecule has 21 heavy (non-hydrogen) atoms. The number of nitrogens with one attached hydrogen (secondary N) is 2. The molecule has 0 spiro atoms. The van der Waals surface area contributed by atoms with Crippen molar-refractivity contribution in [3.05, 3.63) is 22.4 Å². The van der Waals surface area contributed by atoms with Gasteiger partial charge in [-0.25, -0.2) is 4.99 Å². The third-order valence-corrected chi connectivity index (χ3v) is 4.27. The van der Waals surface area contributed by atoms with Gasteiger partial charge >= 0.3 is 0 Å². The number of nitrogens with zero attached hydrogens (tertiary/aromatic N) is 2. The van der Waals surface area contributed by atoms with Crippen LogP contribution in [0.5, 0.6) is 0 Å². The van der Waals surface area contributed by atoms with Crippen molar-refractivity contribution in [2.75, 3.05) is 32.7 Å². The summed E-state index contributed by atoms with van der Waals surface area (Å²) >= 11 is 1.75. The van der Waals surface area contributed by atoms with E-state index in [-0.39, 0.29) is 0 Å². The van der Waals surface area contributed by atoms with Crippen LogP contribution in [0.25, 0.3) is 0 Å². The molecule has 0 aliphatic rings. The summed E-state index contributed by atoms with van der Waals surface area (Å²) in [4.78, 5) is 8.38. The minimum atomic E-state index is 0.756. The lowest BCUT2D eigenvalue weighted by Crippen LogP contribution is -2.38. The van der Waals surface area contributed by atoms with Crippen LogP contribution < -0.4 is 10.6 Å². The molecule has 1 aromatic heterocycles. The molecule has 0 radical (unpaired) electrons. The fourth-order valence-electron chi connectivity index (χ4n) is 2.11. The zero-order valence-corrected chi connectivity index (χ0v) is 14.5. The Morgan fingerprint density at radius 2 is 2.00 bits per heavy atom. The predicted octanol–water partition coefficient (Wildman–Crippen LogP) is 2.93. The highest BCUT2D eigenvalue weighted by Crippen LogP contribution is 2.09. The molecule has 1 heterocycles. The molecule has 1 aromatic rings. The topological polar surface area (TPSA) is 39.7 Å². The van der Waals surface area contributed by atoms with Gasteiger partial charge in [0.15, 0.2) is 5.96 Å². The third kappa shape index (κ3) is 8.07. The normalized spacial score (nSPS) is 11.9. The Morgan fingerprint density at radius 3 is 2.62 bits per heavy atom. The van der Waals surface area contributed by atoms with E-state index in [1.54, 1.807) is 11.3 Å². The number of hydrogen-bond acceptors (Lipinski definition) is 3. The number of rotatable bonds is 10. The summed E-state index contributed by atoms with van der Waals surface area (Å²) in [5, 5.41) is 8.81. The van der Waals surface area contributed by atoms with E-state index >= 15 is 0 Å². The number of unbranched alkanes of at least 4 members (excludes halogenated alkanes) is 1. The third-order valence-electron chi connectivity index (χ3n) is 3.41. The van der Waals surface area contributed by atoms with Gasteiger partial charge in [0.25, 0.3) is 0 Å². The number of thiophene rings is 1. The Bertz CT molecular complexity index is 372. The fraction of sp³-hybridized carbons (Fsp3) is 0.688. The Balaban J connectivity index is 2.23. The second-order valence-electron chi connectivity index (χ2n) is 4.94. The summed E-state index contributed by atoms with van der Waals surface area (Å²) in [6.45, 7) is 12.7. The van der Waals surface area contributed by atoms with Crippen LogP contribution >= 0.6 is 11.3 Å². The zero-order chi connectivity index (χ0) is 15.3. The van der Waals surface area contributed by atoms with Crippen LogP contribution in [0.2, 0.25) is 0 Å². The maximum atomic E-state index is 4.62. The molecule has 5 heteroatoms. The van der Waals surface area contributed by atoms with Gasteiger partial charge < -0.3 is 15.5 Å². The maximum absolute atomic E-state index is 4.62. The first-order valence-corrected chi connectivity index (χ1v) is 8.95.